The Morgan fingerprint density at radius 3 is 2.42 bits per heavy atom. The van der Waals surface area contributed by atoms with Crippen LogP contribution in [0.1, 0.15) is 60.9 Å². The SMILES string of the molecule is CCOc1ccc(/C(O)=C2\C(=O)C(=O)N(C3CCCC3)C2c2ccccc2C)cc1C. The van der Waals surface area contributed by atoms with Gasteiger partial charge in [-0.05, 0) is 68.5 Å². The number of ketones is 1. The number of nitrogens with zero attached hydrogens (tertiary/aromatic N) is 1. The largest absolute Gasteiger partial charge is 0.507 e. The molecule has 0 spiro atoms. The molecule has 1 aliphatic heterocycles. The van der Waals surface area contributed by atoms with Gasteiger partial charge < -0.3 is 14.7 Å². The number of Topliss-reactive ketones (excluding diaryl/α,β-unsaturated/α-hetero) is 1. The van der Waals surface area contributed by atoms with E-state index in [2.05, 4.69) is 0 Å². The Bertz CT molecular complexity index is 1050. The zero-order valence-electron chi connectivity index (χ0n) is 18.4. The van der Waals surface area contributed by atoms with Crippen LogP contribution in [0.4, 0.5) is 0 Å². The van der Waals surface area contributed by atoms with Gasteiger partial charge in [0.15, 0.2) is 0 Å². The van der Waals surface area contributed by atoms with E-state index >= 15 is 0 Å². The fraction of sp³-hybridized carbons (Fsp3) is 0.385. The summed E-state index contributed by atoms with van der Waals surface area (Å²) in [7, 11) is 0. The van der Waals surface area contributed by atoms with Crippen molar-refractivity contribution in [3.63, 3.8) is 0 Å². The molecule has 1 atom stereocenters. The van der Waals surface area contributed by atoms with Crippen LogP contribution >= 0.6 is 0 Å². The summed E-state index contributed by atoms with van der Waals surface area (Å²) in [5, 5.41) is 11.3. The minimum Gasteiger partial charge on any atom is -0.507 e. The molecule has 1 amide bonds. The number of aliphatic hydroxyl groups is 1. The molecule has 2 aliphatic rings. The number of ether oxygens (including phenoxy) is 1. The van der Waals surface area contributed by atoms with Gasteiger partial charge in [0.2, 0.25) is 0 Å². The molecular weight excluding hydrogens is 390 g/mol. The predicted octanol–water partition coefficient (Wildman–Crippen LogP) is 5.07. The number of amides is 1. The number of rotatable bonds is 5. The van der Waals surface area contributed by atoms with Gasteiger partial charge in [-0.3, -0.25) is 9.59 Å². The van der Waals surface area contributed by atoms with Crippen LogP contribution in [-0.2, 0) is 9.59 Å². The second-order valence-electron chi connectivity index (χ2n) is 8.41. The number of hydrogen-bond donors (Lipinski definition) is 1. The zero-order chi connectivity index (χ0) is 22.1. The third-order valence-electron chi connectivity index (χ3n) is 6.43. The summed E-state index contributed by atoms with van der Waals surface area (Å²) in [6.45, 7) is 6.34. The molecule has 5 nitrogen and oxygen atoms in total. The lowest BCUT2D eigenvalue weighted by Crippen LogP contribution is -2.37. The number of carbonyl (C=O) groups excluding carboxylic acids is 2. The summed E-state index contributed by atoms with van der Waals surface area (Å²) in [6, 6.07) is 12.6. The summed E-state index contributed by atoms with van der Waals surface area (Å²) in [4.78, 5) is 28.1. The molecule has 162 valence electrons. The number of hydrogen-bond acceptors (Lipinski definition) is 4. The molecule has 2 aromatic rings. The second-order valence-corrected chi connectivity index (χ2v) is 8.41. The monoisotopic (exact) mass is 419 g/mol. The molecule has 0 aromatic heterocycles. The van der Waals surface area contributed by atoms with Crippen LogP contribution in [0.5, 0.6) is 5.75 Å². The van der Waals surface area contributed by atoms with Crippen molar-refractivity contribution in [3.8, 4) is 5.75 Å². The summed E-state index contributed by atoms with van der Waals surface area (Å²) in [5.74, 6) is -0.507. The summed E-state index contributed by atoms with van der Waals surface area (Å²) < 4.78 is 5.60. The first kappa shape index (κ1) is 21.2. The van der Waals surface area contributed by atoms with E-state index in [9.17, 15) is 14.7 Å². The molecule has 1 aliphatic carbocycles. The molecule has 0 radical (unpaired) electrons. The minimum absolute atomic E-state index is 0.0217. The molecule has 5 heteroatoms. The van der Waals surface area contributed by atoms with Gasteiger partial charge in [0.25, 0.3) is 11.7 Å². The smallest absolute Gasteiger partial charge is 0.295 e. The van der Waals surface area contributed by atoms with Crippen molar-refractivity contribution in [3.05, 3.63) is 70.3 Å². The van der Waals surface area contributed by atoms with Gasteiger partial charge in [0, 0.05) is 11.6 Å². The normalized spacial score (nSPS) is 21.1. The standard InChI is InChI=1S/C26H29NO4/c1-4-31-21-14-13-18(15-17(21)3)24(28)22-23(20-12-8-5-9-16(20)2)27(26(30)25(22)29)19-10-6-7-11-19/h5,8-9,12-15,19,23,28H,4,6-7,10-11H2,1-3H3/b24-22+. The lowest BCUT2D eigenvalue weighted by atomic mass is 9.91. The molecule has 2 fully saturated rings. The van der Waals surface area contributed by atoms with Crippen LogP contribution in [0.15, 0.2) is 48.0 Å². The molecule has 1 saturated carbocycles. The van der Waals surface area contributed by atoms with Crippen LogP contribution < -0.4 is 4.74 Å². The van der Waals surface area contributed by atoms with Crippen molar-refractivity contribution >= 4 is 17.4 Å². The zero-order valence-corrected chi connectivity index (χ0v) is 18.4. The summed E-state index contributed by atoms with van der Waals surface area (Å²) >= 11 is 0. The quantitative estimate of drug-likeness (QED) is 0.418. The Labute approximate surface area is 183 Å². The number of aryl methyl sites for hydroxylation is 2. The molecule has 4 rings (SSSR count). The Morgan fingerprint density at radius 1 is 1.06 bits per heavy atom. The van der Waals surface area contributed by atoms with E-state index in [-0.39, 0.29) is 17.4 Å². The van der Waals surface area contributed by atoms with Crippen molar-refractivity contribution in [2.24, 2.45) is 0 Å². The Morgan fingerprint density at radius 2 is 1.77 bits per heavy atom. The highest BCUT2D eigenvalue weighted by Crippen LogP contribution is 2.44. The van der Waals surface area contributed by atoms with Gasteiger partial charge in [0.05, 0.1) is 18.2 Å². The Balaban J connectivity index is 1.87. The molecule has 0 bridgehead atoms. The van der Waals surface area contributed by atoms with Gasteiger partial charge in [-0.1, -0.05) is 37.1 Å². The average molecular weight is 420 g/mol. The lowest BCUT2D eigenvalue weighted by molar-refractivity contribution is -0.141. The maximum Gasteiger partial charge on any atom is 0.295 e. The Kier molecular flexibility index (Phi) is 5.86. The van der Waals surface area contributed by atoms with Crippen LogP contribution in [0.3, 0.4) is 0 Å². The van der Waals surface area contributed by atoms with E-state index in [1.165, 1.54) is 0 Å². The summed E-state index contributed by atoms with van der Waals surface area (Å²) in [6.07, 6.45) is 3.87. The molecular formula is C26H29NO4. The topological polar surface area (TPSA) is 66.8 Å². The molecule has 2 aromatic carbocycles. The van der Waals surface area contributed by atoms with Crippen molar-refractivity contribution in [1.82, 2.24) is 4.90 Å². The van der Waals surface area contributed by atoms with E-state index in [1.807, 2.05) is 45.0 Å². The minimum atomic E-state index is -0.607. The van der Waals surface area contributed by atoms with Gasteiger partial charge in [-0.15, -0.1) is 0 Å². The molecule has 1 saturated heterocycles. The van der Waals surface area contributed by atoms with Gasteiger partial charge in [-0.2, -0.15) is 0 Å². The summed E-state index contributed by atoms with van der Waals surface area (Å²) in [5.41, 5.74) is 3.44. The highest BCUT2D eigenvalue weighted by Gasteiger charge is 2.49. The molecule has 1 heterocycles. The van der Waals surface area contributed by atoms with E-state index < -0.39 is 17.7 Å². The maximum absolute atomic E-state index is 13.2. The third kappa shape index (κ3) is 3.73. The average Bonchev–Trinajstić information content (AvgIpc) is 3.37. The van der Waals surface area contributed by atoms with Gasteiger partial charge >= 0.3 is 0 Å². The van der Waals surface area contributed by atoms with E-state index in [0.29, 0.717) is 12.2 Å². The lowest BCUT2D eigenvalue weighted by Gasteiger charge is -2.31. The van der Waals surface area contributed by atoms with Crippen LogP contribution in [0.25, 0.3) is 5.76 Å². The number of benzene rings is 2. The van der Waals surface area contributed by atoms with E-state index in [4.69, 9.17) is 4.74 Å². The Hall–Kier alpha value is -3.08. The van der Waals surface area contributed by atoms with Gasteiger partial charge in [0.1, 0.15) is 11.5 Å². The predicted molar refractivity (Wildman–Crippen MR) is 120 cm³/mol. The third-order valence-corrected chi connectivity index (χ3v) is 6.43. The maximum atomic E-state index is 13.2. The van der Waals surface area contributed by atoms with Crippen molar-refractivity contribution < 1.29 is 19.4 Å². The first-order valence-corrected chi connectivity index (χ1v) is 11.0. The van der Waals surface area contributed by atoms with Crippen LogP contribution in [0, 0.1) is 13.8 Å². The van der Waals surface area contributed by atoms with Crippen LogP contribution in [0.2, 0.25) is 0 Å². The molecule has 1 unspecified atom stereocenters. The molecule has 1 N–H and O–H groups in total. The van der Waals surface area contributed by atoms with Gasteiger partial charge in [-0.25, -0.2) is 0 Å². The first-order valence-electron chi connectivity index (χ1n) is 11.0. The number of likely N-dealkylation sites (tertiary alicyclic amines) is 1. The van der Waals surface area contributed by atoms with Crippen molar-refractivity contribution in [2.45, 2.75) is 58.5 Å². The van der Waals surface area contributed by atoms with Crippen molar-refractivity contribution in [2.75, 3.05) is 6.61 Å². The fourth-order valence-corrected chi connectivity index (χ4v) is 4.88. The fourth-order valence-electron chi connectivity index (χ4n) is 4.88. The molecule has 31 heavy (non-hydrogen) atoms. The first-order chi connectivity index (χ1) is 14.9. The van der Waals surface area contributed by atoms with E-state index in [1.54, 1.807) is 23.1 Å². The second kappa shape index (κ2) is 8.58. The number of carbonyl (C=O) groups is 2. The van der Waals surface area contributed by atoms with Crippen molar-refractivity contribution in [1.29, 1.82) is 0 Å². The number of aliphatic hydroxyl groups excluding tert-OH is 1. The van der Waals surface area contributed by atoms with E-state index in [0.717, 1.165) is 48.1 Å². The highest BCUT2D eigenvalue weighted by atomic mass is 16.5. The van der Waals surface area contributed by atoms with Crippen LogP contribution in [-0.4, -0.2) is 34.3 Å². The highest BCUT2D eigenvalue weighted by molar-refractivity contribution is 6.46.